The predicted octanol–water partition coefficient (Wildman–Crippen LogP) is 5.25. The molecule has 0 spiro atoms. The molecule has 288 valence electrons. The third-order valence-corrected chi connectivity index (χ3v) is 8.62. The Morgan fingerprint density at radius 2 is 1.19 bits per heavy atom. The molecule has 0 unspecified atom stereocenters. The zero-order valence-corrected chi connectivity index (χ0v) is 32.6. The number of hydrogen-bond acceptors (Lipinski definition) is 11. The van der Waals surface area contributed by atoms with Crippen molar-refractivity contribution in [1.29, 1.82) is 0 Å². The van der Waals surface area contributed by atoms with Crippen LogP contribution in [0.3, 0.4) is 0 Å². The van der Waals surface area contributed by atoms with Gasteiger partial charge in [-0.3, -0.25) is 0 Å². The second kappa shape index (κ2) is 19.4. The molecule has 4 aromatic rings. The van der Waals surface area contributed by atoms with Crippen LogP contribution in [0, 0.1) is 0 Å². The molecule has 0 amide bonds. The molecule has 0 bridgehead atoms. The van der Waals surface area contributed by atoms with Gasteiger partial charge in [0.25, 0.3) is 0 Å². The van der Waals surface area contributed by atoms with Crippen LogP contribution in [0.1, 0.15) is 36.1 Å². The maximum Gasteiger partial charge on any atom is 0.200 e. The minimum absolute atomic E-state index is 0.242. The molecule has 0 aliphatic heterocycles. The average molecular weight is 795 g/mol. The van der Waals surface area contributed by atoms with Crippen LogP contribution >= 0.6 is 0 Å². The van der Waals surface area contributed by atoms with Gasteiger partial charge >= 0.3 is 0 Å². The molecule has 0 radical (unpaired) electrons. The van der Waals surface area contributed by atoms with Gasteiger partial charge in [0.05, 0.1) is 25.1 Å². The van der Waals surface area contributed by atoms with Crippen LogP contribution in [0.2, 0.25) is 0 Å². The molecule has 0 saturated carbocycles. The molecule has 0 saturated heterocycles. The van der Waals surface area contributed by atoms with Crippen molar-refractivity contribution in [1.82, 2.24) is 0 Å². The highest BCUT2D eigenvalue weighted by Crippen LogP contribution is 2.36. The van der Waals surface area contributed by atoms with Crippen LogP contribution in [0.15, 0.2) is 138 Å². The van der Waals surface area contributed by atoms with E-state index < -0.39 is 35.2 Å². The van der Waals surface area contributed by atoms with Crippen molar-refractivity contribution in [2.75, 3.05) is 30.5 Å². The molecule has 5 rings (SSSR count). The Morgan fingerprint density at radius 3 is 1.65 bits per heavy atom. The van der Waals surface area contributed by atoms with Gasteiger partial charge in [0.1, 0.15) is 22.4 Å². The normalized spacial score (nSPS) is 12.6. The van der Waals surface area contributed by atoms with Crippen molar-refractivity contribution in [2.24, 2.45) is 0 Å². The number of nitrogens with zero attached hydrogens (tertiary/aromatic N) is 2. The van der Waals surface area contributed by atoms with E-state index in [1.807, 2.05) is 85.0 Å². The first kappa shape index (κ1) is 43.5. The zero-order chi connectivity index (χ0) is 40.1. The first-order valence-corrected chi connectivity index (χ1v) is 21.6. The standard InChI is InChI=1S/C37H36N2O4S.2CH4O3S/c1-3-38(26-28-11-7-5-8-12-28)32-19-15-30(16-20-32)37(35-24-23-34(40)25-36(35)44(41,42)43)31-17-21-33(22-18-31)39(4-2)27-29-13-9-6-10-14-29;2*1-5(2,3)4/h5-25H,3-4,26-27H2,1-2H3,(H,41,42,43);2*1H3,(H,2,3,4)/p-2. The SMILES string of the molecule is CCN(Cc1ccccc1)c1ccc(C(=C2C=CC(=[N+](CC)Cc3ccccc3)C=C2)c2ccc(O)cc2S(=O)(=O)[O-])cc1.CS(=O)(=O)[O-].CS(=O)(=O)[O-]. The van der Waals surface area contributed by atoms with Crippen molar-refractivity contribution in [3.05, 3.63) is 155 Å². The van der Waals surface area contributed by atoms with Crippen LogP contribution in [0.4, 0.5) is 5.69 Å². The van der Waals surface area contributed by atoms with E-state index in [4.69, 9.17) is 25.9 Å². The minimum atomic E-state index is -4.88. The fraction of sp³-hybridized carbons (Fsp3) is 0.205. The average Bonchev–Trinajstić information content (AvgIpc) is 3.10. The number of phenols is 1. The van der Waals surface area contributed by atoms with Crippen LogP contribution < -0.4 is 4.90 Å². The van der Waals surface area contributed by atoms with E-state index in [0.29, 0.717) is 18.1 Å². The monoisotopic (exact) mass is 794 g/mol. The summed E-state index contributed by atoms with van der Waals surface area (Å²) in [5, 5.41) is 10.1. The lowest BCUT2D eigenvalue weighted by atomic mass is 9.90. The Bertz CT molecular complexity index is 2270. The second-order valence-electron chi connectivity index (χ2n) is 12.0. The summed E-state index contributed by atoms with van der Waals surface area (Å²) in [7, 11) is -12.7. The van der Waals surface area contributed by atoms with Crippen LogP contribution in [0.5, 0.6) is 5.75 Å². The van der Waals surface area contributed by atoms with Crippen molar-refractivity contribution < 1.29 is 48.6 Å². The molecule has 1 N–H and O–H groups in total. The Morgan fingerprint density at radius 1 is 0.685 bits per heavy atom. The number of anilines is 1. The van der Waals surface area contributed by atoms with Gasteiger partial charge in [0.15, 0.2) is 12.3 Å². The summed E-state index contributed by atoms with van der Waals surface area (Å²) in [4.78, 5) is 1.80. The summed E-state index contributed by atoms with van der Waals surface area (Å²) < 4.78 is 93.9. The van der Waals surface area contributed by atoms with E-state index >= 15 is 0 Å². The van der Waals surface area contributed by atoms with Gasteiger partial charge in [-0.1, -0.05) is 72.8 Å². The third kappa shape index (κ3) is 14.9. The van der Waals surface area contributed by atoms with Gasteiger partial charge in [-0.05, 0) is 78.6 Å². The smallest absolute Gasteiger partial charge is 0.200 e. The molecular weight excluding hydrogens is 753 g/mol. The number of allylic oxidation sites excluding steroid dienone is 5. The van der Waals surface area contributed by atoms with Gasteiger partial charge in [0.2, 0.25) is 0 Å². The maximum atomic E-state index is 12.4. The highest BCUT2D eigenvalue weighted by molar-refractivity contribution is 7.86. The minimum Gasteiger partial charge on any atom is -0.748 e. The Hall–Kier alpha value is -4.90. The maximum absolute atomic E-state index is 12.4. The Balaban J connectivity index is 0.000000695. The summed E-state index contributed by atoms with van der Waals surface area (Å²) in [5.41, 5.74) is 6.80. The molecule has 0 fully saturated rings. The van der Waals surface area contributed by atoms with Crippen molar-refractivity contribution in [3.8, 4) is 5.75 Å². The van der Waals surface area contributed by atoms with Gasteiger partial charge in [-0.15, -0.1) is 0 Å². The summed E-state index contributed by atoms with van der Waals surface area (Å²) >= 11 is 0. The van der Waals surface area contributed by atoms with Crippen LogP contribution in [-0.4, -0.2) is 79.9 Å². The first-order valence-electron chi connectivity index (χ1n) is 16.5. The lowest BCUT2D eigenvalue weighted by Gasteiger charge is -2.24. The van der Waals surface area contributed by atoms with E-state index in [-0.39, 0.29) is 11.3 Å². The molecule has 1 aliphatic carbocycles. The lowest BCUT2D eigenvalue weighted by Crippen LogP contribution is -2.21. The van der Waals surface area contributed by atoms with E-state index in [1.165, 1.54) is 23.3 Å². The van der Waals surface area contributed by atoms with E-state index in [0.717, 1.165) is 54.8 Å². The molecule has 15 heteroatoms. The highest BCUT2D eigenvalue weighted by atomic mass is 32.2. The van der Waals surface area contributed by atoms with Crippen LogP contribution in [0.25, 0.3) is 5.57 Å². The molecule has 12 nitrogen and oxygen atoms in total. The Labute approximate surface area is 318 Å². The van der Waals surface area contributed by atoms with Crippen LogP contribution in [-0.2, 0) is 43.4 Å². The number of benzene rings is 4. The Kier molecular flexibility index (Phi) is 15.7. The number of hydrogen-bond donors (Lipinski definition) is 1. The van der Waals surface area contributed by atoms with Crippen molar-refractivity contribution in [2.45, 2.75) is 31.8 Å². The molecule has 4 aromatic carbocycles. The first-order chi connectivity index (χ1) is 25.3. The van der Waals surface area contributed by atoms with E-state index in [1.54, 1.807) is 0 Å². The molecule has 0 heterocycles. The largest absolute Gasteiger partial charge is 0.748 e. The predicted molar refractivity (Wildman–Crippen MR) is 207 cm³/mol. The molecule has 0 aromatic heterocycles. The zero-order valence-electron chi connectivity index (χ0n) is 30.2. The second-order valence-corrected chi connectivity index (χ2v) is 16.2. The van der Waals surface area contributed by atoms with Crippen molar-refractivity contribution in [3.63, 3.8) is 0 Å². The molecule has 54 heavy (non-hydrogen) atoms. The molecule has 0 atom stereocenters. The highest BCUT2D eigenvalue weighted by Gasteiger charge is 2.20. The summed E-state index contributed by atoms with van der Waals surface area (Å²) in [6, 6.07) is 32.4. The van der Waals surface area contributed by atoms with Gasteiger partial charge in [0, 0.05) is 54.6 Å². The topological polar surface area (TPSA) is 198 Å². The summed E-state index contributed by atoms with van der Waals surface area (Å²) in [6.07, 6.45) is 9.14. The summed E-state index contributed by atoms with van der Waals surface area (Å²) in [5.74, 6) is -0.285. The quantitative estimate of drug-likeness (QED) is 0.163. The van der Waals surface area contributed by atoms with Gasteiger partial charge in [-0.25, -0.2) is 29.8 Å². The van der Waals surface area contributed by atoms with Gasteiger partial charge < -0.3 is 23.7 Å². The van der Waals surface area contributed by atoms with E-state index in [9.17, 15) is 18.1 Å². The lowest BCUT2D eigenvalue weighted by molar-refractivity contribution is -0.539. The van der Waals surface area contributed by atoms with Gasteiger partial charge in [-0.2, -0.15) is 0 Å². The number of phenolic OH excluding ortho intramolecular Hbond substituents is 1. The number of rotatable bonds is 10. The fourth-order valence-corrected chi connectivity index (χ4v) is 6.16. The summed E-state index contributed by atoms with van der Waals surface area (Å²) in [6.45, 7) is 7.33. The van der Waals surface area contributed by atoms with Crippen molar-refractivity contribution >= 4 is 47.3 Å². The van der Waals surface area contributed by atoms with E-state index in [2.05, 4.69) is 47.6 Å². The molecular formula is C39H42N2O10S3-2. The number of aromatic hydroxyl groups is 1. The fourth-order valence-electron chi connectivity index (χ4n) is 5.46. The third-order valence-electron chi connectivity index (χ3n) is 7.74. The molecule has 1 aliphatic rings.